The van der Waals surface area contributed by atoms with Gasteiger partial charge in [0.05, 0.1) is 0 Å². The lowest BCUT2D eigenvalue weighted by Gasteiger charge is -2.05. The molecule has 1 aliphatic rings. The van der Waals surface area contributed by atoms with E-state index in [2.05, 4.69) is 16.9 Å². The fourth-order valence-corrected chi connectivity index (χ4v) is 2.97. The molecule has 1 aliphatic carbocycles. The number of halogens is 2. The summed E-state index contributed by atoms with van der Waals surface area (Å²) in [5.74, 6) is 0.541. The first-order valence-electron chi connectivity index (χ1n) is 7.34. The van der Waals surface area contributed by atoms with E-state index in [4.69, 9.17) is 4.42 Å². The summed E-state index contributed by atoms with van der Waals surface area (Å²) in [6.07, 6.45) is 0.778. The standard InChI is InChI=1S/C15H16F2N2O3/c1-2-7-5-8(7)3-4-9-6-10(20)22-15-11(9)14(21)18-13(19-15)12(16)17/h6-8,12H,2-5H2,1H3,(H,18,19,21). The maximum absolute atomic E-state index is 12.7. The summed E-state index contributed by atoms with van der Waals surface area (Å²) in [6.45, 7) is 2.14. The van der Waals surface area contributed by atoms with Crippen molar-refractivity contribution < 1.29 is 13.2 Å². The third-order valence-corrected chi connectivity index (χ3v) is 4.30. The number of hydrogen-bond donors (Lipinski definition) is 1. The molecule has 3 rings (SSSR count). The molecule has 0 aliphatic heterocycles. The van der Waals surface area contributed by atoms with Gasteiger partial charge < -0.3 is 9.40 Å². The van der Waals surface area contributed by atoms with Crippen LogP contribution in [0.4, 0.5) is 8.78 Å². The normalized spacial score (nSPS) is 20.7. The first-order chi connectivity index (χ1) is 10.5. The summed E-state index contributed by atoms with van der Waals surface area (Å²) in [5.41, 5.74) is -1.17. The number of aromatic amines is 1. The average Bonchev–Trinajstić information content (AvgIpc) is 3.22. The average molecular weight is 310 g/mol. The summed E-state index contributed by atoms with van der Waals surface area (Å²) in [4.78, 5) is 29.2. The third kappa shape index (κ3) is 2.80. The first-order valence-corrected chi connectivity index (χ1v) is 7.34. The fourth-order valence-electron chi connectivity index (χ4n) is 2.97. The highest BCUT2D eigenvalue weighted by Crippen LogP contribution is 2.44. The van der Waals surface area contributed by atoms with Crippen LogP contribution in [0.1, 0.15) is 44.0 Å². The summed E-state index contributed by atoms with van der Waals surface area (Å²) in [7, 11) is 0. The second-order valence-electron chi connectivity index (χ2n) is 5.73. The number of rotatable bonds is 5. The zero-order chi connectivity index (χ0) is 15.9. The molecule has 1 fully saturated rings. The summed E-state index contributed by atoms with van der Waals surface area (Å²) in [6, 6.07) is 1.25. The monoisotopic (exact) mass is 310 g/mol. The number of aromatic nitrogens is 2. The molecule has 2 heterocycles. The highest BCUT2D eigenvalue weighted by atomic mass is 19.3. The Morgan fingerprint density at radius 3 is 2.82 bits per heavy atom. The van der Waals surface area contributed by atoms with Crippen molar-refractivity contribution in [2.45, 2.75) is 39.0 Å². The van der Waals surface area contributed by atoms with Crippen molar-refractivity contribution in [1.82, 2.24) is 9.97 Å². The summed E-state index contributed by atoms with van der Waals surface area (Å²) < 4.78 is 30.2. The van der Waals surface area contributed by atoms with Crippen molar-refractivity contribution in [3.8, 4) is 0 Å². The minimum atomic E-state index is -2.93. The number of H-pyrrole nitrogens is 1. The first kappa shape index (κ1) is 14.9. The van der Waals surface area contributed by atoms with Crippen molar-refractivity contribution in [2.24, 2.45) is 11.8 Å². The van der Waals surface area contributed by atoms with Crippen LogP contribution in [-0.2, 0) is 6.42 Å². The van der Waals surface area contributed by atoms with Gasteiger partial charge in [-0.2, -0.15) is 4.98 Å². The van der Waals surface area contributed by atoms with Crippen LogP contribution in [0.2, 0.25) is 0 Å². The fraction of sp³-hybridized carbons (Fsp3) is 0.533. The van der Waals surface area contributed by atoms with Gasteiger partial charge in [-0.05, 0) is 36.7 Å². The van der Waals surface area contributed by atoms with Gasteiger partial charge in [-0.15, -0.1) is 0 Å². The van der Waals surface area contributed by atoms with Crippen molar-refractivity contribution in [3.63, 3.8) is 0 Å². The van der Waals surface area contributed by atoms with Crippen molar-refractivity contribution >= 4 is 11.1 Å². The number of aryl methyl sites for hydroxylation is 1. The highest BCUT2D eigenvalue weighted by Gasteiger charge is 2.34. The predicted octanol–water partition coefficient (Wildman–Crippen LogP) is 2.79. The van der Waals surface area contributed by atoms with Crippen LogP contribution in [-0.4, -0.2) is 9.97 Å². The maximum Gasteiger partial charge on any atom is 0.337 e. The third-order valence-electron chi connectivity index (χ3n) is 4.30. The van der Waals surface area contributed by atoms with Gasteiger partial charge in [0.2, 0.25) is 5.71 Å². The van der Waals surface area contributed by atoms with Gasteiger partial charge in [0.15, 0.2) is 5.82 Å². The van der Waals surface area contributed by atoms with Crippen LogP contribution in [0.25, 0.3) is 11.1 Å². The number of nitrogens with one attached hydrogen (secondary N) is 1. The quantitative estimate of drug-likeness (QED) is 0.921. The molecule has 1 saturated carbocycles. The van der Waals surface area contributed by atoms with E-state index in [0.717, 1.165) is 12.8 Å². The molecule has 0 saturated heterocycles. The van der Waals surface area contributed by atoms with Crippen LogP contribution in [0.3, 0.4) is 0 Å². The van der Waals surface area contributed by atoms with Crippen molar-refractivity contribution in [3.05, 3.63) is 38.2 Å². The molecule has 0 radical (unpaired) electrons. The van der Waals surface area contributed by atoms with E-state index in [9.17, 15) is 18.4 Å². The molecule has 118 valence electrons. The molecule has 7 heteroatoms. The smallest absolute Gasteiger partial charge is 0.337 e. The van der Waals surface area contributed by atoms with Crippen LogP contribution in [0, 0.1) is 11.8 Å². The molecular formula is C15H16F2N2O3. The van der Waals surface area contributed by atoms with Gasteiger partial charge in [0.1, 0.15) is 5.39 Å². The molecule has 22 heavy (non-hydrogen) atoms. The van der Waals surface area contributed by atoms with Gasteiger partial charge in [-0.1, -0.05) is 13.3 Å². The largest absolute Gasteiger partial charge is 0.403 e. The van der Waals surface area contributed by atoms with E-state index in [1.54, 1.807) is 0 Å². The molecular weight excluding hydrogens is 294 g/mol. The van der Waals surface area contributed by atoms with E-state index in [-0.39, 0.29) is 11.1 Å². The lowest BCUT2D eigenvalue weighted by Crippen LogP contribution is -2.16. The molecule has 1 N–H and O–H groups in total. The molecule has 2 aromatic rings. The number of hydrogen-bond acceptors (Lipinski definition) is 4. The van der Waals surface area contributed by atoms with E-state index in [0.29, 0.717) is 23.8 Å². The number of alkyl halides is 2. The van der Waals surface area contributed by atoms with E-state index < -0.39 is 23.4 Å². The Bertz CT molecular complexity index is 813. The second kappa shape index (κ2) is 5.62. The Labute approximate surface area is 124 Å². The van der Waals surface area contributed by atoms with Crippen LogP contribution in [0.5, 0.6) is 0 Å². The molecule has 2 unspecified atom stereocenters. The van der Waals surface area contributed by atoms with Crippen molar-refractivity contribution in [1.29, 1.82) is 0 Å². The minimum Gasteiger partial charge on any atom is -0.403 e. The molecule has 2 aromatic heterocycles. The predicted molar refractivity (Wildman–Crippen MR) is 76.1 cm³/mol. The van der Waals surface area contributed by atoms with Gasteiger partial charge in [0.25, 0.3) is 12.0 Å². The maximum atomic E-state index is 12.7. The molecule has 5 nitrogen and oxygen atoms in total. The van der Waals surface area contributed by atoms with E-state index >= 15 is 0 Å². The van der Waals surface area contributed by atoms with Crippen molar-refractivity contribution in [2.75, 3.05) is 0 Å². The molecule has 0 spiro atoms. The Balaban J connectivity index is 1.99. The van der Waals surface area contributed by atoms with Crippen LogP contribution in [0.15, 0.2) is 20.1 Å². The minimum absolute atomic E-state index is 0.0951. The van der Waals surface area contributed by atoms with Gasteiger partial charge in [-0.3, -0.25) is 4.79 Å². The molecule has 2 atom stereocenters. The Hall–Kier alpha value is -2.05. The lowest BCUT2D eigenvalue weighted by molar-refractivity contribution is 0.140. The van der Waals surface area contributed by atoms with Crippen LogP contribution < -0.4 is 11.2 Å². The van der Waals surface area contributed by atoms with E-state index in [1.807, 2.05) is 0 Å². The lowest BCUT2D eigenvalue weighted by atomic mass is 10.0. The Morgan fingerprint density at radius 2 is 2.18 bits per heavy atom. The number of nitrogens with zero attached hydrogens (tertiary/aromatic N) is 1. The topological polar surface area (TPSA) is 76.0 Å². The Morgan fingerprint density at radius 1 is 1.41 bits per heavy atom. The molecule has 0 amide bonds. The zero-order valence-electron chi connectivity index (χ0n) is 12.1. The van der Waals surface area contributed by atoms with Gasteiger partial charge in [0, 0.05) is 6.07 Å². The van der Waals surface area contributed by atoms with Crippen LogP contribution >= 0.6 is 0 Å². The highest BCUT2D eigenvalue weighted by molar-refractivity contribution is 5.75. The summed E-state index contributed by atoms with van der Waals surface area (Å²) >= 11 is 0. The summed E-state index contributed by atoms with van der Waals surface area (Å²) in [5, 5.41) is 0.0951. The van der Waals surface area contributed by atoms with Gasteiger partial charge >= 0.3 is 5.63 Å². The SMILES string of the molecule is CCC1CC1CCc1cc(=O)oc2nc(C(F)F)[nH]c(=O)c12. The Kier molecular flexibility index (Phi) is 3.80. The van der Waals surface area contributed by atoms with E-state index in [1.165, 1.54) is 12.5 Å². The zero-order valence-corrected chi connectivity index (χ0v) is 12.1. The second-order valence-corrected chi connectivity index (χ2v) is 5.73. The molecule has 0 bridgehead atoms. The van der Waals surface area contributed by atoms with Gasteiger partial charge in [-0.25, -0.2) is 13.6 Å². The number of fused-ring (bicyclic) bond motifs is 1. The molecule has 0 aromatic carbocycles.